The lowest BCUT2D eigenvalue weighted by atomic mass is 9.82. The van der Waals surface area contributed by atoms with Crippen LogP contribution in [0.1, 0.15) is 25.0 Å². The van der Waals surface area contributed by atoms with Crippen LogP contribution in [0.2, 0.25) is 0 Å². The van der Waals surface area contributed by atoms with E-state index in [4.69, 9.17) is 0 Å². The van der Waals surface area contributed by atoms with Crippen molar-refractivity contribution in [2.24, 2.45) is 0 Å². The van der Waals surface area contributed by atoms with E-state index in [9.17, 15) is 0 Å². The summed E-state index contributed by atoms with van der Waals surface area (Å²) in [4.78, 5) is 0. The molecule has 1 aliphatic rings. The van der Waals surface area contributed by atoms with Gasteiger partial charge in [0, 0.05) is 43.4 Å². The second kappa shape index (κ2) is 7.16. The average Bonchev–Trinajstić information content (AvgIpc) is 3.70. The van der Waals surface area contributed by atoms with Gasteiger partial charge in [0.25, 0.3) is 0 Å². The molecule has 0 atom stereocenters. The number of para-hydroxylation sites is 3. The van der Waals surface area contributed by atoms with Crippen molar-refractivity contribution in [1.82, 2.24) is 8.97 Å². The molecule has 41 heavy (non-hydrogen) atoms. The Hall–Kier alpha value is -5.08. The molecular weight excluding hydrogens is 496 g/mol. The van der Waals surface area contributed by atoms with Crippen molar-refractivity contribution in [1.29, 1.82) is 0 Å². The van der Waals surface area contributed by atoms with Crippen LogP contribution < -0.4 is 0 Å². The third kappa shape index (κ3) is 2.46. The molecule has 2 heteroatoms. The first-order chi connectivity index (χ1) is 20.1. The fraction of sp³-hybridized carbons (Fsp3) is 0.0769. The summed E-state index contributed by atoms with van der Waals surface area (Å²) in [6.07, 6.45) is 0. The van der Waals surface area contributed by atoms with Crippen molar-refractivity contribution in [2.45, 2.75) is 19.3 Å². The zero-order valence-electron chi connectivity index (χ0n) is 22.9. The molecule has 0 radical (unpaired) electrons. The molecule has 6 aromatic carbocycles. The van der Waals surface area contributed by atoms with Gasteiger partial charge in [0.1, 0.15) is 0 Å². The predicted octanol–water partition coefficient (Wildman–Crippen LogP) is 10.2. The van der Waals surface area contributed by atoms with Crippen LogP contribution >= 0.6 is 0 Å². The topological polar surface area (TPSA) is 9.34 Å². The number of fused-ring (bicyclic) bond motifs is 13. The van der Waals surface area contributed by atoms with Gasteiger partial charge in [0.05, 0.1) is 27.6 Å². The maximum atomic E-state index is 2.54. The fourth-order valence-electron chi connectivity index (χ4n) is 8.06. The molecule has 9 aromatic rings. The molecule has 0 aliphatic heterocycles. The molecule has 2 nitrogen and oxygen atoms in total. The highest BCUT2D eigenvalue weighted by atomic mass is 15.0. The predicted molar refractivity (Wildman–Crippen MR) is 173 cm³/mol. The van der Waals surface area contributed by atoms with Gasteiger partial charge in [0.15, 0.2) is 0 Å². The first-order valence-corrected chi connectivity index (χ1v) is 14.5. The van der Waals surface area contributed by atoms with E-state index in [1.807, 2.05) is 0 Å². The number of hydrogen-bond acceptors (Lipinski definition) is 0. The lowest BCUT2D eigenvalue weighted by Gasteiger charge is -2.21. The minimum absolute atomic E-state index is 0.0169. The second-order valence-electron chi connectivity index (χ2n) is 12.2. The molecule has 10 rings (SSSR count). The molecule has 3 heterocycles. The maximum Gasteiger partial charge on any atom is 0.0641 e. The molecule has 0 fully saturated rings. The molecule has 3 aromatic heterocycles. The van der Waals surface area contributed by atoms with Gasteiger partial charge in [0.2, 0.25) is 0 Å². The molecule has 0 N–H and O–H groups in total. The molecule has 0 saturated carbocycles. The van der Waals surface area contributed by atoms with E-state index in [0.29, 0.717) is 0 Å². The van der Waals surface area contributed by atoms with Gasteiger partial charge in [-0.15, -0.1) is 0 Å². The third-order valence-electron chi connectivity index (χ3n) is 9.83. The number of rotatable bonds is 1. The van der Waals surface area contributed by atoms with Gasteiger partial charge in [-0.3, -0.25) is 0 Å². The van der Waals surface area contributed by atoms with E-state index in [2.05, 4.69) is 144 Å². The average molecular weight is 523 g/mol. The Balaban J connectivity index is 1.43. The molecule has 0 unspecified atom stereocenters. The molecular formula is C39H26N2. The maximum absolute atomic E-state index is 2.54. The Bertz CT molecular complexity index is 2540. The van der Waals surface area contributed by atoms with E-state index in [-0.39, 0.29) is 5.41 Å². The normalized spacial score (nSPS) is 14.3. The number of hydrogen-bond donors (Lipinski definition) is 0. The van der Waals surface area contributed by atoms with Crippen molar-refractivity contribution in [3.63, 3.8) is 0 Å². The summed E-state index contributed by atoms with van der Waals surface area (Å²) in [5, 5.41) is 7.91. The van der Waals surface area contributed by atoms with Crippen LogP contribution in [0.5, 0.6) is 0 Å². The minimum atomic E-state index is -0.0169. The number of nitrogens with zero attached hydrogens (tertiary/aromatic N) is 2. The van der Waals surface area contributed by atoms with Gasteiger partial charge in [-0.2, -0.15) is 0 Å². The van der Waals surface area contributed by atoms with E-state index < -0.39 is 0 Å². The van der Waals surface area contributed by atoms with Crippen molar-refractivity contribution >= 4 is 59.9 Å². The van der Waals surface area contributed by atoms with Crippen LogP contribution in [-0.4, -0.2) is 8.97 Å². The standard InChI is InChI=1S/C39H26N2/c1-39(2)31-17-8-6-13-24(31)29-22-35-30(21-32(29)39)26-15-10-16-28-36-34(41(35)37(26)28)20-19-27-25-14-7-9-18-33(25)40(38(27)36)23-11-4-3-5-12-23/h3-22H,1-2H3. The van der Waals surface area contributed by atoms with Crippen molar-refractivity contribution in [2.75, 3.05) is 0 Å². The first-order valence-electron chi connectivity index (χ1n) is 14.5. The minimum Gasteiger partial charge on any atom is -0.309 e. The summed E-state index contributed by atoms with van der Waals surface area (Å²) in [6, 6.07) is 45.1. The summed E-state index contributed by atoms with van der Waals surface area (Å²) in [5.41, 5.74) is 13.2. The Morgan fingerprint density at radius 2 is 1.20 bits per heavy atom. The highest BCUT2D eigenvalue weighted by Gasteiger charge is 2.36. The fourth-order valence-corrected chi connectivity index (χ4v) is 8.06. The second-order valence-corrected chi connectivity index (χ2v) is 12.2. The largest absolute Gasteiger partial charge is 0.309 e. The Kier molecular flexibility index (Phi) is 3.79. The Labute approximate surface area is 237 Å². The third-order valence-corrected chi connectivity index (χ3v) is 9.83. The molecule has 0 spiro atoms. The van der Waals surface area contributed by atoms with Crippen molar-refractivity contribution in [3.8, 4) is 16.8 Å². The summed E-state index contributed by atoms with van der Waals surface area (Å²) in [7, 11) is 0. The number of aromatic nitrogens is 2. The lowest BCUT2D eigenvalue weighted by molar-refractivity contribution is 0.661. The van der Waals surface area contributed by atoms with E-state index in [1.54, 1.807) is 0 Å². The van der Waals surface area contributed by atoms with Crippen LogP contribution in [-0.2, 0) is 5.41 Å². The Morgan fingerprint density at radius 1 is 0.463 bits per heavy atom. The molecule has 0 saturated heterocycles. The van der Waals surface area contributed by atoms with E-state index in [0.717, 1.165) is 0 Å². The van der Waals surface area contributed by atoms with Crippen LogP contribution in [0.25, 0.3) is 76.7 Å². The van der Waals surface area contributed by atoms with Gasteiger partial charge in [-0.25, -0.2) is 0 Å². The summed E-state index contributed by atoms with van der Waals surface area (Å²) in [6.45, 7) is 4.74. The van der Waals surface area contributed by atoms with Crippen LogP contribution in [0.3, 0.4) is 0 Å². The van der Waals surface area contributed by atoms with E-state index in [1.165, 1.54) is 87.8 Å². The lowest BCUT2D eigenvalue weighted by Crippen LogP contribution is -2.14. The highest BCUT2D eigenvalue weighted by Crippen LogP contribution is 2.52. The highest BCUT2D eigenvalue weighted by molar-refractivity contribution is 6.31. The quantitative estimate of drug-likeness (QED) is 0.203. The summed E-state index contributed by atoms with van der Waals surface area (Å²) < 4.78 is 5.00. The monoisotopic (exact) mass is 522 g/mol. The molecule has 0 bridgehead atoms. The van der Waals surface area contributed by atoms with Crippen LogP contribution in [0, 0.1) is 0 Å². The van der Waals surface area contributed by atoms with Gasteiger partial charge in [-0.1, -0.05) is 98.8 Å². The zero-order valence-corrected chi connectivity index (χ0v) is 22.9. The molecule has 1 aliphatic carbocycles. The van der Waals surface area contributed by atoms with Crippen LogP contribution in [0.15, 0.2) is 121 Å². The van der Waals surface area contributed by atoms with E-state index >= 15 is 0 Å². The Morgan fingerprint density at radius 3 is 2.10 bits per heavy atom. The SMILES string of the molecule is CC1(C)c2ccccc2-c2cc3c(cc21)c1cccc2c4c5c(ccc4n3c12)c1ccccc1n5-c1ccccc1. The smallest absolute Gasteiger partial charge is 0.0641 e. The molecule has 192 valence electrons. The molecule has 0 amide bonds. The first kappa shape index (κ1) is 21.7. The zero-order chi connectivity index (χ0) is 27.0. The van der Waals surface area contributed by atoms with Gasteiger partial charge >= 0.3 is 0 Å². The van der Waals surface area contributed by atoms with Crippen LogP contribution in [0.4, 0.5) is 0 Å². The van der Waals surface area contributed by atoms with Crippen molar-refractivity contribution < 1.29 is 0 Å². The summed E-state index contributed by atoms with van der Waals surface area (Å²) >= 11 is 0. The van der Waals surface area contributed by atoms with Gasteiger partial charge in [-0.05, 0) is 58.7 Å². The summed E-state index contributed by atoms with van der Waals surface area (Å²) in [5.74, 6) is 0. The number of benzene rings is 6. The van der Waals surface area contributed by atoms with Gasteiger partial charge < -0.3 is 8.97 Å². The van der Waals surface area contributed by atoms with Crippen molar-refractivity contribution in [3.05, 3.63) is 132 Å².